The Labute approximate surface area is 126 Å². The third kappa shape index (κ3) is 2.57. The third-order valence-electron chi connectivity index (χ3n) is 4.17. The van der Waals surface area contributed by atoms with Crippen molar-refractivity contribution in [1.82, 2.24) is 0 Å². The summed E-state index contributed by atoms with van der Waals surface area (Å²) in [6.07, 6.45) is 0. The van der Waals surface area contributed by atoms with Crippen LogP contribution in [0.1, 0.15) is 40.2 Å². The maximum absolute atomic E-state index is 6.18. The van der Waals surface area contributed by atoms with Crippen LogP contribution in [0.15, 0.2) is 12.1 Å². The summed E-state index contributed by atoms with van der Waals surface area (Å²) in [5, 5.41) is 0.689. The summed E-state index contributed by atoms with van der Waals surface area (Å²) >= 11 is 6.18. The molecule has 0 bridgehead atoms. The van der Waals surface area contributed by atoms with Gasteiger partial charge in [0.2, 0.25) is 0 Å². The van der Waals surface area contributed by atoms with Gasteiger partial charge in [0.25, 0.3) is 0 Å². The minimum Gasteiger partial charge on any atom is -0.494 e. The standard InChI is InChI=1S/C15H22BClO3/c1-7-18-13-10(2)12(17)9-8-11(13)16-19-14(3,4)15(5,6)20-16/h8-9H,7H2,1-6H3. The summed E-state index contributed by atoms with van der Waals surface area (Å²) in [4.78, 5) is 0. The molecular formula is C15H22BClO3. The second kappa shape index (κ2) is 5.25. The molecule has 110 valence electrons. The lowest BCUT2D eigenvalue weighted by Crippen LogP contribution is -2.41. The molecule has 1 aliphatic heterocycles. The molecule has 1 aliphatic rings. The summed E-state index contributed by atoms with van der Waals surface area (Å²) in [6, 6.07) is 3.78. The monoisotopic (exact) mass is 296 g/mol. The lowest BCUT2D eigenvalue weighted by atomic mass is 9.77. The Bertz CT molecular complexity index is 498. The van der Waals surface area contributed by atoms with Crippen molar-refractivity contribution >= 4 is 24.2 Å². The first kappa shape index (κ1) is 15.7. The largest absolute Gasteiger partial charge is 0.498 e. The van der Waals surface area contributed by atoms with Crippen molar-refractivity contribution in [3.05, 3.63) is 22.7 Å². The summed E-state index contributed by atoms with van der Waals surface area (Å²) in [7, 11) is -0.433. The molecule has 20 heavy (non-hydrogen) atoms. The zero-order valence-electron chi connectivity index (χ0n) is 13.0. The van der Waals surface area contributed by atoms with E-state index in [1.54, 1.807) is 0 Å². The van der Waals surface area contributed by atoms with Crippen molar-refractivity contribution in [1.29, 1.82) is 0 Å². The predicted molar refractivity (Wildman–Crippen MR) is 83.1 cm³/mol. The number of hydrogen-bond acceptors (Lipinski definition) is 3. The zero-order chi connectivity index (χ0) is 15.1. The van der Waals surface area contributed by atoms with Crippen LogP contribution in [0, 0.1) is 6.92 Å². The number of halogens is 1. The third-order valence-corrected chi connectivity index (χ3v) is 4.58. The normalized spacial score (nSPS) is 20.2. The highest BCUT2D eigenvalue weighted by Gasteiger charge is 2.52. The lowest BCUT2D eigenvalue weighted by Gasteiger charge is -2.32. The van der Waals surface area contributed by atoms with E-state index in [2.05, 4.69) is 0 Å². The summed E-state index contributed by atoms with van der Waals surface area (Å²) < 4.78 is 17.9. The fraction of sp³-hybridized carbons (Fsp3) is 0.600. The highest BCUT2D eigenvalue weighted by molar-refractivity contribution is 6.63. The molecule has 0 amide bonds. The van der Waals surface area contributed by atoms with Crippen LogP contribution in [0.3, 0.4) is 0 Å². The van der Waals surface area contributed by atoms with E-state index < -0.39 is 7.12 Å². The quantitative estimate of drug-likeness (QED) is 0.801. The van der Waals surface area contributed by atoms with Crippen molar-refractivity contribution in [2.24, 2.45) is 0 Å². The number of hydrogen-bond donors (Lipinski definition) is 0. The fourth-order valence-corrected chi connectivity index (χ4v) is 2.33. The molecule has 0 atom stereocenters. The molecule has 1 aromatic carbocycles. The first-order chi connectivity index (χ1) is 9.19. The van der Waals surface area contributed by atoms with Crippen molar-refractivity contribution in [2.45, 2.75) is 52.7 Å². The van der Waals surface area contributed by atoms with E-state index in [9.17, 15) is 0 Å². The molecule has 2 rings (SSSR count). The number of ether oxygens (including phenoxy) is 1. The van der Waals surface area contributed by atoms with Gasteiger partial charge in [-0.15, -0.1) is 0 Å². The Morgan fingerprint density at radius 3 is 2.20 bits per heavy atom. The number of benzene rings is 1. The van der Waals surface area contributed by atoms with Gasteiger partial charge in [0.1, 0.15) is 5.75 Å². The van der Waals surface area contributed by atoms with Gasteiger partial charge in [0, 0.05) is 16.0 Å². The van der Waals surface area contributed by atoms with Crippen LogP contribution in [0.2, 0.25) is 5.02 Å². The molecule has 1 fully saturated rings. The Hall–Kier alpha value is -0.705. The van der Waals surface area contributed by atoms with Crippen LogP contribution in [-0.2, 0) is 9.31 Å². The van der Waals surface area contributed by atoms with E-state index in [0.717, 1.165) is 16.8 Å². The minimum absolute atomic E-state index is 0.366. The maximum atomic E-state index is 6.18. The lowest BCUT2D eigenvalue weighted by molar-refractivity contribution is 0.00578. The van der Waals surface area contributed by atoms with Crippen LogP contribution in [0.25, 0.3) is 0 Å². The predicted octanol–water partition coefficient (Wildman–Crippen LogP) is 3.35. The summed E-state index contributed by atoms with van der Waals surface area (Å²) in [5.74, 6) is 0.763. The average molecular weight is 297 g/mol. The van der Waals surface area contributed by atoms with Crippen LogP contribution >= 0.6 is 11.6 Å². The molecule has 1 heterocycles. The molecule has 0 aromatic heterocycles. The minimum atomic E-state index is -0.433. The molecule has 0 spiro atoms. The van der Waals surface area contributed by atoms with Gasteiger partial charge < -0.3 is 14.0 Å². The SMILES string of the molecule is CCOc1c(B2OC(C)(C)C(C)(C)O2)ccc(Cl)c1C. The molecule has 0 aliphatic carbocycles. The molecule has 0 unspecified atom stereocenters. The molecule has 1 aromatic rings. The van der Waals surface area contributed by atoms with Crippen LogP contribution in [0.4, 0.5) is 0 Å². The maximum Gasteiger partial charge on any atom is 0.498 e. The second-order valence-corrected chi connectivity index (χ2v) is 6.52. The van der Waals surface area contributed by atoms with Gasteiger partial charge in [-0.05, 0) is 47.6 Å². The van der Waals surface area contributed by atoms with E-state index in [4.69, 9.17) is 25.6 Å². The van der Waals surface area contributed by atoms with Crippen LogP contribution < -0.4 is 10.2 Å². The number of rotatable bonds is 3. The van der Waals surface area contributed by atoms with Crippen molar-refractivity contribution in [2.75, 3.05) is 6.61 Å². The summed E-state index contributed by atoms with van der Waals surface area (Å²) in [5.41, 5.74) is 1.08. The molecular weight excluding hydrogens is 274 g/mol. The van der Waals surface area contributed by atoms with Gasteiger partial charge in [-0.1, -0.05) is 17.7 Å². The molecule has 5 heteroatoms. The Balaban J connectivity index is 2.42. The van der Waals surface area contributed by atoms with Crippen LogP contribution in [-0.4, -0.2) is 24.9 Å². The molecule has 0 saturated carbocycles. The smallest absolute Gasteiger partial charge is 0.494 e. The fourth-order valence-electron chi connectivity index (χ4n) is 2.18. The highest BCUT2D eigenvalue weighted by atomic mass is 35.5. The van der Waals surface area contributed by atoms with Gasteiger partial charge >= 0.3 is 7.12 Å². The van der Waals surface area contributed by atoms with E-state index >= 15 is 0 Å². The average Bonchev–Trinajstić information content (AvgIpc) is 2.55. The first-order valence-electron chi connectivity index (χ1n) is 6.97. The van der Waals surface area contributed by atoms with Gasteiger partial charge in [-0.2, -0.15) is 0 Å². The topological polar surface area (TPSA) is 27.7 Å². The van der Waals surface area contributed by atoms with Crippen molar-refractivity contribution in [3.8, 4) is 5.75 Å². The van der Waals surface area contributed by atoms with E-state index in [-0.39, 0.29) is 11.2 Å². The highest BCUT2D eigenvalue weighted by Crippen LogP contribution is 2.38. The summed E-state index contributed by atoms with van der Waals surface area (Å²) in [6.45, 7) is 12.6. The molecule has 1 saturated heterocycles. The second-order valence-electron chi connectivity index (χ2n) is 6.11. The first-order valence-corrected chi connectivity index (χ1v) is 7.35. The van der Waals surface area contributed by atoms with Crippen molar-refractivity contribution < 1.29 is 14.0 Å². The zero-order valence-corrected chi connectivity index (χ0v) is 13.8. The van der Waals surface area contributed by atoms with E-state index in [1.807, 2.05) is 53.7 Å². The Morgan fingerprint density at radius 2 is 1.70 bits per heavy atom. The molecule has 3 nitrogen and oxygen atoms in total. The van der Waals surface area contributed by atoms with Crippen molar-refractivity contribution in [3.63, 3.8) is 0 Å². The van der Waals surface area contributed by atoms with Gasteiger partial charge in [0.15, 0.2) is 0 Å². The van der Waals surface area contributed by atoms with E-state index in [0.29, 0.717) is 11.6 Å². The molecule has 0 radical (unpaired) electrons. The molecule has 0 N–H and O–H groups in total. The Morgan fingerprint density at radius 1 is 1.15 bits per heavy atom. The van der Waals surface area contributed by atoms with Crippen LogP contribution in [0.5, 0.6) is 5.75 Å². The Kier molecular flexibility index (Phi) is 4.11. The van der Waals surface area contributed by atoms with E-state index in [1.165, 1.54) is 0 Å². The van der Waals surface area contributed by atoms with Gasteiger partial charge in [0.05, 0.1) is 17.8 Å². The van der Waals surface area contributed by atoms with Gasteiger partial charge in [-0.3, -0.25) is 0 Å². The van der Waals surface area contributed by atoms with Gasteiger partial charge in [-0.25, -0.2) is 0 Å².